The van der Waals surface area contributed by atoms with E-state index in [1.807, 2.05) is 30.3 Å². The minimum Gasteiger partial charge on any atom is -0.459 e. The summed E-state index contributed by atoms with van der Waals surface area (Å²) in [4.78, 5) is 24.0. The molecule has 112 valence electrons. The summed E-state index contributed by atoms with van der Waals surface area (Å²) in [7, 11) is 0. The number of hydrogen-bond donors (Lipinski definition) is 1. The lowest BCUT2D eigenvalue weighted by atomic mass is 10.1. The van der Waals surface area contributed by atoms with Crippen LogP contribution in [0.1, 0.15) is 16.1 Å². The lowest BCUT2D eigenvalue weighted by molar-refractivity contribution is -0.144. The lowest BCUT2D eigenvalue weighted by Crippen LogP contribution is -2.43. The molecule has 0 aliphatic carbocycles. The molecule has 2 aromatic rings. The van der Waals surface area contributed by atoms with Gasteiger partial charge in [0.2, 0.25) is 0 Å². The van der Waals surface area contributed by atoms with Crippen LogP contribution < -0.4 is 5.32 Å². The van der Waals surface area contributed by atoms with Crippen molar-refractivity contribution in [2.75, 3.05) is 6.61 Å². The van der Waals surface area contributed by atoms with E-state index in [9.17, 15) is 9.59 Å². The Hall–Kier alpha value is -3.07. The number of amides is 1. The second-order valence-corrected chi connectivity index (χ2v) is 4.46. The van der Waals surface area contributed by atoms with Crippen LogP contribution in [0.5, 0.6) is 0 Å². The highest BCUT2D eigenvalue weighted by Crippen LogP contribution is 2.07. The molecule has 6 heteroatoms. The average molecular weight is 298 g/mol. The topological polar surface area (TPSA) is 92.3 Å². The first kappa shape index (κ1) is 15.3. The van der Waals surface area contributed by atoms with Gasteiger partial charge in [-0.25, -0.2) is 4.79 Å². The standard InChI is InChI=1S/C16H14N2O4/c17-8-10-22-16(20)13(11-12-5-2-1-3-6-12)18-15(19)14-7-4-9-21-14/h1-7,9,13H,10-11H2,(H,18,19). The number of nitrogens with one attached hydrogen (secondary N) is 1. The van der Waals surface area contributed by atoms with Crippen LogP contribution in [0.4, 0.5) is 0 Å². The molecule has 1 aromatic carbocycles. The van der Waals surface area contributed by atoms with Crippen molar-refractivity contribution in [1.82, 2.24) is 5.32 Å². The molecule has 0 aliphatic heterocycles. The van der Waals surface area contributed by atoms with Crippen LogP contribution >= 0.6 is 0 Å². The molecule has 2 rings (SSSR count). The quantitative estimate of drug-likeness (QED) is 0.819. The summed E-state index contributed by atoms with van der Waals surface area (Å²) < 4.78 is 9.79. The summed E-state index contributed by atoms with van der Waals surface area (Å²) >= 11 is 0. The SMILES string of the molecule is N#CCOC(=O)C(Cc1ccccc1)NC(=O)c1ccco1. The van der Waals surface area contributed by atoms with E-state index in [-0.39, 0.29) is 18.8 Å². The van der Waals surface area contributed by atoms with Crippen molar-refractivity contribution in [3.05, 3.63) is 60.1 Å². The number of benzene rings is 1. The molecule has 1 aromatic heterocycles. The number of nitrogens with zero attached hydrogens (tertiary/aromatic N) is 1. The van der Waals surface area contributed by atoms with Gasteiger partial charge < -0.3 is 14.5 Å². The molecule has 1 atom stereocenters. The third kappa shape index (κ3) is 4.21. The Morgan fingerprint density at radius 2 is 2.00 bits per heavy atom. The molecule has 0 radical (unpaired) electrons. The number of ether oxygens (including phenoxy) is 1. The van der Waals surface area contributed by atoms with Gasteiger partial charge in [0.05, 0.1) is 6.26 Å². The fourth-order valence-corrected chi connectivity index (χ4v) is 1.88. The van der Waals surface area contributed by atoms with E-state index in [4.69, 9.17) is 14.4 Å². The van der Waals surface area contributed by atoms with Gasteiger partial charge in [-0.1, -0.05) is 30.3 Å². The molecule has 0 bridgehead atoms. The van der Waals surface area contributed by atoms with Crippen molar-refractivity contribution < 1.29 is 18.7 Å². The number of hydrogen-bond acceptors (Lipinski definition) is 5. The first-order chi connectivity index (χ1) is 10.7. The minimum atomic E-state index is -0.895. The number of nitriles is 1. The van der Waals surface area contributed by atoms with Crippen LogP contribution in [0, 0.1) is 11.3 Å². The van der Waals surface area contributed by atoms with E-state index in [1.165, 1.54) is 12.3 Å². The molecule has 1 N–H and O–H groups in total. The molecule has 6 nitrogen and oxygen atoms in total. The zero-order valence-corrected chi connectivity index (χ0v) is 11.7. The first-order valence-electron chi connectivity index (χ1n) is 6.62. The van der Waals surface area contributed by atoms with E-state index >= 15 is 0 Å². The Morgan fingerprint density at radius 1 is 1.23 bits per heavy atom. The fraction of sp³-hybridized carbons (Fsp3) is 0.188. The Bertz CT molecular complexity index is 659. The summed E-state index contributed by atoms with van der Waals surface area (Å²) in [5, 5.41) is 11.0. The van der Waals surface area contributed by atoms with Crippen LogP contribution in [-0.4, -0.2) is 24.5 Å². The van der Waals surface area contributed by atoms with E-state index < -0.39 is 17.9 Å². The Kier molecular flexibility index (Phi) is 5.32. The second kappa shape index (κ2) is 7.64. The van der Waals surface area contributed by atoms with Crippen molar-refractivity contribution in [3.8, 4) is 6.07 Å². The third-order valence-corrected chi connectivity index (χ3v) is 2.90. The molecule has 0 saturated carbocycles. The molecular weight excluding hydrogens is 284 g/mol. The van der Waals surface area contributed by atoms with Gasteiger partial charge in [-0.15, -0.1) is 0 Å². The van der Waals surface area contributed by atoms with Crippen LogP contribution in [0.15, 0.2) is 53.1 Å². The smallest absolute Gasteiger partial charge is 0.330 e. The van der Waals surface area contributed by atoms with Crippen molar-refractivity contribution in [3.63, 3.8) is 0 Å². The average Bonchev–Trinajstić information content (AvgIpc) is 3.07. The van der Waals surface area contributed by atoms with Crippen LogP contribution in [0.2, 0.25) is 0 Å². The van der Waals surface area contributed by atoms with Crippen LogP contribution in [-0.2, 0) is 16.0 Å². The zero-order valence-electron chi connectivity index (χ0n) is 11.7. The van der Waals surface area contributed by atoms with Gasteiger partial charge in [0.1, 0.15) is 12.1 Å². The highest BCUT2D eigenvalue weighted by Gasteiger charge is 2.24. The van der Waals surface area contributed by atoms with Gasteiger partial charge in [-0.2, -0.15) is 5.26 Å². The molecular formula is C16H14N2O4. The monoisotopic (exact) mass is 298 g/mol. The molecule has 1 unspecified atom stereocenters. The Morgan fingerprint density at radius 3 is 2.64 bits per heavy atom. The Labute approximate surface area is 127 Å². The van der Waals surface area contributed by atoms with Gasteiger partial charge in [-0.3, -0.25) is 4.79 Å². The molecule has 0 saturated heterocycles. The summed E-state index contributed by atoms with van der Waals surface area (Å²) in [5.41, 5.74) is 0.862. The van der Waals surface area contributed by atoms with E-state index in [1.54, 1.807) is 12.1 Å². The maximum atomic E-state index is 12.0. The maximum Gasteiger partial charge on any atom is 0.330 e. The first-order valence-corrected chi connectivity index (χ1v) is 6.62. The van der Waals surface area contributed by atoms with Crippen LogP contribution in [0.25, 0.3) is 0 Å². The summed E-state index contributed by atoms with van der Waals surface area (Å²) in [5.74, 6) is -1.07. The molecule has 1 amide bonds. The Balaban J connectivity index is 2.09. The number of carbonyl (C=O) groups excluding carboxylic acids is 2. The molecule has 0 spiro atoms. The fourth-order valence-electron chi connectivity index (χ4n) is 1.88. The largest absolute Gasteiger partial charge is 0.459 e. The highest BCUT2D eigenvalue weighted by atomic mass is 16.5. The van der Waals surface area contributed by atoms with Crippen molar-refractivity contribution >= 4 is 11.9 Å². The van der Waals surface area contributed by atoms with E-state index in [0.29, 0.717) is 0 Å². The second-order valence-electron chi connectivity index (χ2n) is 4.46. The highest BCUT2D eigenvalue weighted by molar-refractivity contribution is 5.94. The molecule has 22 heavy (non-hydrogen) atoms. The summed E-state index contributed by atoms with van der Waals surface area (Å²) in [6, 6.07) is 13.1. The van der Waals surface area contributed by atoms with E-state index in [2.05, 4.69) is 5.32 Å². The number of esters is 1. The van der Waals surface area contributed by atoms with Crippen molar-refractivity contribution in [2.24, 2.45) is 0 Å². The van der Waals surface area contributed by atoms with Gasteiger partial charge >= 0.3 is 5.97 Å². The van der Waals surface area contributed by atoms with E-state index in [0.717, 1.165) is 5.56 Å². The lowest BCUT2D eigenvalue weighted by Gasteiger charge is -2.16. The molecule has 1 heterocycles. The molecule has 0 aliphatic rings. The minimum absolute atomic E-state index is 0.103. The van der Waals surface area contributed by atoms with Crippen molar-refractivity contribution in [1.29, 1.82) is 5.26 Å². The summed E-state index contributed by atoms with van der Waals surface area (Å²) in [6.07, 6.45) is 1.63. The predicted molar refractivity (Wildman–Crippen MR) is 76.7 cm³/mol. The predicted octanol–water partition coefficient (Wildman–Crippen LogP) is 1.69. The molecule has 0 fully saturated rings. The number of carbonyl (C=O) groups is 2. The van der Waals surface area contributed by atoms with Crippen LogP contribution in [0.3, 0.4) is 0 Å². The van der Waals surface area contributed by atoms with Gasteiger partial charge in [-0.05, 0) is 17.7 Å². The number of furan rings is 1. The van der Waals surface area contributed by atoms with Gasteiger partial charge in [0, 0.05) is 6.42 Å². The maximum absolute atomic E-state index is 12.0. The number of rotatable bonds is 6. The summed E-state index contributed by atoms with van der Waals surface area (Å²) in [6.45, 7) is -0.360. The van der Waals surface area contributed by atoms with Crippen molar-refractivity contribution in [2.45, 2.75) is 12.5 Å². The third-order valence-electron chi connectivity index (χ3n) is 2.90. The normalized spacial score (nSPS) is 11.2. The zero-order chi connectivity index (χ0) is 15.8. The van der Waals surface area contributed by atoms with Gasteiger partial charge in [0.25, 0.3) is 5.91 Å². The van der Waals surface area contributed by atoms with Gasteiger partial charge in [0.15, 0.2) is 12.4 Å².